The van der Waals surface area contributed by atoms with Crippen molar-refractivity contribution in [1.82, 2.24) is 14.4 Å². The highest BCUT2D eigenvalue weighted by atomic mass is 32.1. The number of anilines is 1. The summed E-state index contributed by atoms with van der Waals surface area (Å²) in [5.74, 6) is 3.72. The zero-order valence-electron chi connectivity index (χ0n) is 15.1. The van der Waals surface area contributed by atoms with Gasteiger partial charge in [-0.15, -0.1) is 17.8 Å². The van der Waals surface area contributed by atoms with Gasteiger partial charge in [-0.3, -0.25) is 9.38 Å². The van der Waals surface area contributed by atoms with E-state index < -0.39 is 0 Å². The fraction of sp³-hybridized carbons (Fsp3) is 0.182. The molecular formula is C22H20N4S. The molecule has 0 spiro atoms. The topological polar surface area (TPSA) is 42.2 Å². The SMILES string of the molecule is C#Cc1ccsc1-c1nc2cnccn2c1NCCCC.c1cc2ccc1-2. The van der Waals surface area contributed by atoms with Crippen LogP contribution >= 0.6 is 11.3 Å². The number of unbranched alkanes of at least 4 members (excludes halogenated alkanes) is 1. The molecule has 0 fully saturated rings. The average molecular weight is 372 g/mol. The molecule has 1 N–H and O–H groups in total. The number of hydrogen-bond donors (Lipinski definition) is 1. The molecule has 0 unspecified atom stereocenters. The van der Waals surface area contributed by atoms with Crippen molar-refractivity contribution < 1.29 is 0 Å². The molecule has 27 heavy (non-hydrogen) atoms. The van der Waals surface area contributed by atoms with Crippen LogP contribution in [0.2, 0.25) is 0 Å². The van der Waals surface area contributed by atoms with Crippen LogP contribution in [0.3, 0.4) is 0 Å². The van der Waals surface area contributed by atoms with Crippen molar-refractivity contribution in [2.45, 2.75) is 19.8 Å². The fourth-order valence-electron chi connectivity index (χ4n) is 2.89. The van der Waals surface area contributed by atoms with Crippen LogP contribution in [0.1, 0.15) is 25.3 Å². The maximum Gasteiger partial charge on any atom is 0.157 e. The molecule has 2 aliphatic carbocycles. The Balaban J connectivity index is 0.000000250. The summed E-state index contributed by atoms with van der Waals surface area (Å²) >= 11 is 1.62. The summed E-state index contributed by atoms with van der Waals surface area (Å²) in [4.78, 5) is 9.86. The summed E-state index contributed by atoms with van der Waals surface area (Å²) in [5.41, 5.74) is 5.46. The second kappa shape index (κ2) is 7.65. The Morgan fingerprint density at radius 2 is 1.96 bits per heavy atom. The molecular weight excluding hydrogens is 352 g/mol. The smallest absolute Gasteiger partial charge is 0.157 e. The van der Waals surface area contributed by atoms with E-state index in [0.29, 0.717) is 0 Å². The van der Waals surface area contributed by atoms with Crippen LogP contribution in [-0.2, 0) is 0 Å². The van der Waals surface area contributed by atoms with Crippen LogP contribution in [-0.4, -0.2) is 20.9 Å². The highest BCUT2D eigenvalue weighted by molar-refractivity contribution is 7.13. The van der Waals surface area contributed by atoms with Crippen molar-refractivity contribution in [2.75, 3.05) is 11.9 Å². The van der Waals surface area contributed by atoms with Gasteiger partial charge < -0.3 is 5.32 Å². The zero-order valence-corrected chi connectivity index (χ0v) is 16.0. The Hall–Kier alpha value is -3.10. The van der Waals surface area contributed by atoms with Gasteiger partial charge in [-0.25, -0.2) is 4.98 Å². The standard InChI is InChI=1S/C16H16N4S.C6H4/c1-3-5-7-18-16-14(15-12(4-2)6-10-21-15)19-13-11-17-8-9-20(13)16;1-2-6-4-3-5(1)6/h2,6,8-11,18H,3,5,7H2,1H3;1-4H. The third kappa shape index (κ3) is 3.32. The molecule has 134 valence electrons. The molecule has 0 amide bonds. The lowest BCUT2D eigenvalue weighted by Crippen LogP contribution is -2.04. The van der Waals surface area contributed by atoms with Crippen LogP contribution in [0.15, 0.2) is 54.3 Å². The summed E-state index contributed by atoms with van der Waals surface area (Å²) in [7, 11) is 0. The molecule has 0 radical (unpaired) electrons. The Bertz CT molecular complexity index is 1080. The maximum absolute atomic E-state index is 5.59. The quantitative estimate of drug-likeness (QED) is 0.335. The normalized spacial score (nSPS) is 10.8. The van der Waals surface area contributed by atoms with E-state index in [9.17, 15) is 0 Å². The predicted octanol–water partition coefficient (Wildman–Crippen LogP) is 5.32. The number of nitrogens with one attached hydrogen (secondary N) is 1. The van der Waals surface area contributed by atoms with Gasteiger partial charge in [0, 0.05) is 24.5 Å². The second-order valence-electron chi connectivity index (χ2n) is 6.28. The average Bonchev–Trinajstić information content (AvgIpc) is 3.29. The van der Waals surface area contributed by atoms with Gasteiger partial charge in [0.05, 0.1) is 11.1 Å². The van der Waals surface area contributed by atoms with Gasteiger partial charge >= 0.3 is 0 Å². The molecule has 3 heterocycles. The van der Waals surface area contributed by atoms with Gasteiger partial charge in [0.15, 0.2) is 5.65 Å². The van der Waals surface area contributed by atoms with E-state index >= 15 is 0 Å². The van der Waals surface area contributed by atoms with Crippen molar-refractivity contribution in [1.29, 1.82) is 0 Å². The monoisotopic (exact) mass is 372 g/mol. The number of fused-ring (bicyclic) bond motifs is 2. The van der Waals surface area contributed by atoms with Crippen LogP contribution in [0.25, 0.3) is 27.3 Å². The maximum atomic E-state index is 5.59. The molecule has 0 aromatic carbocycles. The van der Waals surface area contributed by atoms with Crippen LogP contribution in [0.4, 0.5) is 5.82 Å². The lowest BCUT2D eigenvalue weighted by Gasteiger charge is -2.10. The van der Waals surface area contributed by atoms with Crippen LogP contribution in [0.5, 0.6) is 0 Å². The van der Waals surface area contributed by atoms with Gasteiger partial charge in [-0.2, -0.15) is 0 Å². The van der Waals surface area contributed by atoms with Crippen molar-refractivity contribution in [3.63, 3.8) is 0 Å². The fourth-order valence-corrected chi connectivity index (χ4v) is 3.73. The molecule has 0 aliphatic heterocycles. The molecule has 3 aromatic heterocycles. The van der Waals surface area contributed by atoms with E-state index in [-0.39, 0.29) is 0 Å². The van der Waals surface area contributed by atoms with Crippen molar-refractivity contribution in [3.8, 4) is 34.0 Å². The van der Waals surface area contributed by atoms with E-state index in [4.69, 9.17) is 11.4 Å². The first-order valence-corrected chi connectivity index (χ1v) is 9.90. The Kier molecular flexibility index (Phi) is 4.91. The highest BCUT2D eigenvalue weighted by Gasteiger charge is 2.17. The summed E-state index contributed by atoms with van der Waals surface area (Å²) in [6.45, 7) is 3.09. The van der Waals surface area contributed by atoms with E-state index in [2.05, 4.69) is 47.4 Å². The van der Waals surface area contributed by atoms with Crippen molar-refractivity contribution in [3.05, 3.63) is 59.9 Å². The molecule has 3 aromatic rings. The molecule has 0 saturated carbocycles. The molecule has 2 aliphatic rings. The number of terminal acetylenes is 1. The molecule has 5 heteroatoms. The van der Waals surface area contributed by atoms with Crippen molar-refractivity contribution in [2.24, 2.45) is 0 Å². The number of imidazole rings is 1. The highest BCUT2D eigenvalue weighted by Crippen LogP contribution is 2.34. The van der Waals surface area contributed by atoms with Crippen LogP contribution < -0.4 is 5.32 Å². The molecule has 0 atom stereocenters. The summed E-state index contributed by atoms with van der Waals surface area (Å²) in [6, 6.07) is 10.4. The number of benzene rings is 1. The summed E-state index contributed by atoms with van der Waals surface area (Å²) < 4.78 is 2.03. The molecule has 0 saturated heterocycles. The third-order valence-corrected chi connectivity index (χ3v) is 5.43. The lowest BCUT2D eigenvalue weighted by atomic mass is 9.95. The number of hydrogen-bond acceptors (Lipinski definition) is 4. The Morgan fingerprint density at radius 3 is 2.59 bits per heavy atom. The third-order valence-electron chi connectivity index (χ3n) is 4.51. The van der Waals surface area contributed by atoms with Gasteiger partial charge in [-0.1, -0.05) is 43.5 Å². The molecule has 4 nitrogen and oxygen atoms in total. The number of rotatable bonds is 5. The minimum atomic E-state index is 0.822. The number of aromatic nitrogens is 3. The zero-order chi connectivity index (χ0) is 18.6. The van der Waals surface area contributed by atoms with Crippen molar-refractivity contribution >= 4 is 22.8 Å². The minimum Gasteiger partial charge on any atom is -0.369 e. The Morgan fingerprint density at radius 1 is 1.19 bits per heavy atom. The van der Waals surface area contributed by atoms with Crippen LogP contribution in [0, 0.1) is 12.3 Å². The van der Waals surface area contributed by atoms with Gasteiger partial charge in [0.2, 0.25) is 0 Å². The first kappa shape index (κ1) is 17.3. The number of thiophene rings is 1. The predicted molar refractivity (Wildman–Crippen MR) is 113 cm³/mol. The van der Waals surface area contributed by atoms with E-state index in [1.54, 1.807) is 23.7 Å². The van der Waals surface area contributed by atoms with Gasteiger partial charge in [0.1, 0.15) is 11.5 Å². The van der Waals surface area contributed by atoms with Gasteiger partial charge in [0.25, 0.3) is 0 Å². The van der Waals surface area contributed by atoms with E-state index in [0.717, 1.165) is 47.0 Å². The number of nitrogens with zero attached hydrogens (tertiary/aromatic N) is 3. The summed E-state index contributed by atoms with van der Waals surface area (Å²) in [5, 5.41) is 5.49. The van der Waals surface area contributed by atoms with Gasteiger partial charge in [-0.05, 0) is 29.0 Å². The second-order valence-corrected chi connectivity index (χ2v) is 7.20. The largest absolute Gasteiger partial charge is 0.369 e. The van der Waals surface area contributed by atoms with E-state index in [1.807, 2.05) is 22.0 Å². The summed E-state index contributed by atoms with van der Waals surface area (Å²) in [6.07, 6.45) is 13.3. The Labute approximate surface area is 162 Å². The first-order chi connectivity index (χ1) is 13.3. The first-order valence-electron chi connectivity index (χ1n) is 9.02. The lowest BCUT2D eigenvalue weighted by molar-refractivity contribution is 0.830. The molecule has 0 bridgehead atoms. The molecule has 5 rings (SSSR count). The van der Waals surface area contributed by atoms with E-state index in [1.165, 1.54) is 11.1 Å². The minimum absolute atomic E-state index is 0.822.